The highest BCUT2D eigenvalue weighted by Gasteiger charge is 2.36. The third-order valence-corrected chi connectivity index (χ3v) is 3.26. The fourth-order valence-electron chi connectivity index (χ4n) is 2.25. The Balaban J connectivity index is 3.00. The fraction of sp³-hybridized carbons (Fsp3) is 0.533. The van der Waals surface area contributed by atoms with Crippen LogP contribution in [-0.4, -0.2) is 18.6 Å². The Morgan fingerprint density at radius 1 is 1.39 bits per heavy atom. The van der Waals surface area contributed by atoms with E-state index < -0.39 is 5.54 Å². The predicted molar refractivity (Wildman–Crippen MR) is 74.7 cm³/mol. The van der Waals surface area contributed by atoms with Crippen LogP contribution in [0.4, 0.5) is 5.69 Å². The molecule has 0 saturated carbocycles. The van der Waals surface area contributed by atoms with Crippen molar-refractivity contribution in [2.24, 2.45) is 0 Å². The number of aryl methyl sites for hydroxylation is 1. The van der Waals surface area contributed by atoms with E-state index >= 15 is 0 Å². The molecular formula is C15H23NO2. The van der Waals surface area contributed by atoms with Crippen molar-refractivity contribution in [2.45, 2.75) is 45.6 Å². The van der Waals surface area contributed by atoms with E-state index in [4.69, 9.17) is 4.74 Å². The molecule has 0 aliphatic heterocycles. The van der Waals surface area contributed by atoms with Crippen LogP contribution in [0.25, 0.3) is 0 Å². The van der Waals surface area contributed by atoms with Gasteiger partial charge < -0.3 is 10.1 Å². The molecule has 1 unspecified atom stereocenters. The third-order valence-electron chi connectivity index (χ3n) is 3.26. The molecule has 0 bridgehead atoms. The van der Waals surface area contributed by atoms with Gasteiger partial charge in [-0.3, -0.25) is 0 Å². The van der Waals surface area contributed by atoms with Crippen LogP contribution in [0.5, 0.6) is 0 Å². The highest BCUT2D eigenvalue weighted by molar-refractivity contribution is 5.84. The fourth-order valence-corrected chi connectivity index (χ4v) is 2.25. The van der Waals surface area contributed by atoms with Gasteiger partial charge in [0.2, 0.25) is 0 Å². The number of benzene rings is 1. The lowest BCUT2D eigenvalue weighted by Gasteiger charge is -2.31. The molecule has 0 aliphatic carbocycles. The van der Waals surface area contributed by atoms with Crippen molar-refractivity contribution in [1.82, 2.24) is 0 Å². The number of carbonyl (C=O) groups is 1. The SMILES string of the molecule is CCCC(CC)(Nc1cccc(C)c1)C(=O)OC. The first-order chi connectivity index (χ1) is 8.57. The van der Waals surface area contributed by atoms with Crippen molar-refractivity contribution in [1.29, 1.82) is 0 Å². The molecule has 1 rings (SSSR count). The lowest BCUT2D eigenvalue weighted by Crippen LogP contribution is -2.46. The maximum Gasteiger partial charge on any atom is 0.331 e. The number of anilines is 1. The number of carbonyl (C=O) groups excluding carboxylic acids is 1. The lowest BCUT2D eigenvalue weighted by molar-refractivity contribution is -0.146. The molecule has 0 spiro atoms. The zero-order chi connectivity index (χ0) is 13.6. The molecule has 100 valence electrons. The Morgan fingerprint density at radius 2 is 2.11 bits per heavy atom. The molecule has 0 aromatic heterocycles. The van der Waals surface area contributed by atoms with E-state index in [9.17, 15) is 4.79 Å². The van der Waals surface area contributed by atoms with Crippen LogP contribution in [0.1, 0.15) is 38.7 Å². The number of ether oxygens (including phenoxy) is 1. The van der Waals surface area contributed by atoms with Gasteiger partial charge in [0.25, 0.3) is 0 Å². The largest absolute Gasteiger partial charge is 0.467 e. The quantitative estimate of drug-likeness (QED) is 0.784. The third kappa shape index (κ3) is 3.25. The van der Waals surface area contributed by atoms with Crippen LogP contribution < -0.4 is 5.32 Å². The summed E-state index contributed by atoms with van der Waals surface area (Å²) in [6, 6.07) is 8.05. The summed E-state index contributed by atoms with van der Waals surface area (Å²) in [6.07, 6.45) is 2.41. The minimum Gasteiger partial charge on any atom is -0.467 e. The van der Waals surface area contributed by atoms with Gasteiger partial charge in [-0.2, -0.15) is 0 Å². The van der Waals surface area contributed by atoms with E-state index in [1.165, 1.54) is 12.7 Å². The summed E-state index contributed by atoms with van der Waals surface area (Å²) in [6.45, 7) is 6.12. The van der Waals surface area contributed by atoms with Crippen LogP contribution in [0, 0.1) is 6.92 Å². The summed E-state index contributed by atoms with van der Waals surface area (Å²) in [5.74, 6) is -0.187. The summed E-state index contributed by atoms with van der Waals surface area (Å²) in [7, 11) is 1.44. The maximum absolute atomic E-state index is 12.1. The van der Waals surface area contributed by atoms with E-state index in [2.05, 4.69) is 12.2 Å². The van der Waals surface area contributed by atoms with Gasteiger partial charge in [0.05, 0.1) is 7.11 Å². The molecule has 0 heterocycles. The Labute approximate surface area is 110 Å². The van der Waals surface area contributed by atoms with Gasteiger partial charge in [0.15, 0.2) is 0 Å². The summed E-state index contributed by atoms with van der Waals surface area (Å²) < 4.78 is 4.96. The van der Waals surface area contributed by atoms with Crippen LogP contribution in [0.2, 0.25) is 0 Å². The number of hydrogen-bond acceptors (Lipinski definition) is 3. The van der Waals surface area contributed by atoms with E-state index in [0.29, 0.717) is 6.42 Å². The molecule has 3 nitrogen and oxygen atoms in total. The molecule has 0 aliphatic rings. The highest BCUT2D eigenvalue weighted by Crippen LogP contribution is 2.25. The normalized spacial score (nSPS) is 13.8. The van der Waals surface area contributed by atoms with E-state index in [1.807, 2.05) is 38.1 Å². The second kappa shape index (κ2) is 6.43. The van der Waals surface area contributed by atoms with Crippen LogP contribution in [0.3, 0.4) is 0 Å². The topological polar surface area (TPSA) is 38.3 Å². The standard InChI is InChI=1S/C15H23NO2/c1-5-10-15(6-2,14(17)18-4)16-13-9-7-8-12(3)11-13/h7-9,11,16H,5-6,10H2,1-4H3. The molecule has 1 atom stereocenters. The van der Waals surface area contributed by atoms with Gasteiger partial charge >= 0.3 is 5.97 Å². The van der Waals surface area contributed by atoms with Crippen molar-refractivity contribution < 1.29 is 9.53 Å². The minimum atomic E-state index is -0.614. The molecule has 0 amide bonds. The van der Waals surface area contributed by atoms with Gasteiger partial charge in [-0.25, -0.2) is 4.79 Å². The van der Waals surface area contributed by atoms with Crippen molar-refractivity contribution in [3.8, 4) is 0 Å². The zero-order valence-electron chi connectivity index (χ0n) is 11.7. The van der Waals surface area contributed by atoms with Gasteiger partial charge in [0, 0.05) is 5.69 Å². The number of hydrogen-bond donors (Lipinski definition) is 1. The van der Waals surface area contributed by atoms with Gasteiger partial charge in [-0.05, 0) is 37.5 Å². The Hall–Kier alpha value is -1.51. The molecule has 3 heteroatoms. The van der Waals surface area contributed by atoms with Crippen LogP contribution >= 0.6 is 0 Å². The zero-order valence-corrected chi connectivity index (χ0v) is 11.7. The first-order valence-electron chi connectivity index (χ1n) is 6.51. The number of rotatable bonds is 6. The smallest absolute Gasteiger partial charge is 0.331 e. The molecular weight excluding hydrogens is 226 g/mol. The van der Waals surface area contributed by atoms with Crippen molar-refractivity contribution in [3.63, 3.8) is 0 Å². The van der Waals surface area contributed by atoms with Crippen LogP contribution in [-0.2, 0) is 9.53 Å². The predicted octanol–water partition coefficient (Wildman–Crippen LogP) is 3.53. The van der Waals surface area contributed by atoms with Crippen molar-refractivity contribution >= 4 is 11.7 Å². The Kier molecular flexibility index (Phi) is 5.20. The minimum absolute atomic E-state index is 0.187. The maximum atomic E-state index is 12.1. The molecule has 0 saturated heterocycles. The molecule has 1 aromatic carbocycles. The van der Waals surface area contributed by atoms with E-state index in [-0.39, 0.29) is 5.97 Å². The molecule has 1 aromatic rings. The van der Waals surface area contributed by atoms with Gasteiger partial charge in [-0.15, -0.1) is 0 Å². The number of esters is 1. The molecule has 0 radical (unpaired) electrons. The molecule has 0 fully saturated rings. The van der Waals surface area contributed by atoms with Gasteiger partial charge in [0.1, 0.15) is 5.54 Å². The Bertz CT molecular complexity index is 403. The lowest BCUT2D eigenvalue weighted by atomic mass is 9.90. The van der Waals surface area contributed by atoms with E-state index in [0.717, 1.165) is 18.5 Å². The summed E-state index contributed by atoms with van der Waals surface area (Å²) in [5.41, 5.74) is 1.53. The number of nitrogens with one attached hydrogen (secondary N) is 1. The van der Waals surface area contributed by atoms with Crippen LogP contribution in [0.15, 0.2) is 24.3 Å². The second-order valence-electron chi connectivity index (χ2n) is 4.67. The summed E-state index contributed by atoms with van der Waals surface area (Å²) in [4.78, 5) is 12.1. The highest BCUT2D eigenvalue weighted by atomic mass is 16.5. The average Bonchev–Trinajstić information content (AvgIpc) is 2.37. The first-order valence-corrected chi connectivity index (χ1v) is 6.51. The van der Waals surface area contributed by atoms with Gasteiger partial charge in [-0.1, -0.05) is 32.4 Å². The monoisotopic (exact) mass is 249 g/mol. The molecule has 1 N–H and O–H groups in total. The second-order valence-corrected chi connectivity index (χ2v) is 4.67. The van der Waals surface area contributed by atoms with Crippen molar-refractivity contribution in [3.05, 3.63) is 29.8 Å². The Morgan fingerprint density at radius 3 is 2.61 bits per heavy atom. The molecule has 18 heavy (non-hydrogen) atoms. The number of methoxy groups -OCH3 is 1. The summed E-state index contributed by atoms with van der Waals surface area (Å²) >= 11 is 0. The van der Waals surface area contributed by atoms with E-state index in [1.54, 1.807) is 0 Å². The van der Waals surface area contributed by atoms with Crippen molar-refractivity contribution in [2.75, 3.05) is 12.4 Å². The first kappa shape index (κ1) is 14.6. The summed E-state index contributed by atoms with van der Waals surface area (Å²) in [5, 5.41) is 3.36. The average molecular weight is 249 g/mol.